The normalized spacial score (nSPS) is 12.6. The summed E-state index contributed by atoms with van der Waals surface area (Å²) in [5.74, 6) is 1.11. The van der Waals surface area contributed by atoms with E-state index in [1.807, 2.05) is 39.0 Å². The zero-order valence-electron chi connectivity index (χ0n) is 21.4. The van der Waals surface area contributed by atoms with Gasteiger partial charge in [-0.3, -0.25) is 14.7 Å². The fourth-order valence-electron chi connectivity index (χ4n) is 3.02. The van der Waals surface area contributed by atoms with Gasteiger partial charge in [-0.25, -0.2) is 15.0 Å². The third kappa shape index (κ3) is 7.58. The fraction of sp³-hybridized carbons (Fsp3) is 0.346. The van der Waals surface area contributed by atoms with Crippen molar-refractivity contribution in [2.24, 2.45) is 15.7 Å². The predicted molar refractivity (Wildman–Crippen MR) is 140 cm³/mol. The summed E-state index contributed by atoms with van der Waals surface area (Å²) in [4.78, 5) is 30.7. The summed E-state index contributed by atoms with van der Waals surface area (Å²) in [7, 11) is 1.65. The molecule has 0 spiro atoms. The van der Waals surface area contributed by atoms with Crippen LogP contribution in [0.4, 0.5) is 5.69 Å². The highest BCUT2D eigenvalue weighted by molar-refractivity contribution is 6.09. The van der Waals surface area contributed by atoms with E-state index in [2.05, 4.69) is 20.0 Å². The van der Waals surface area contributed by atoms with Crippen molar-refractivity contribution in [3.63, 3.8) is 0 Å². The molecular weight excluding hydrogens is 444 g/mol. The number of hydrogen-bond acceptors (Lipinski definition) is 8. The Morgan fingerprint density at radius 3 is 2.60 bits per heavy atom. The Hall–Kier alpha value is -3.85. The van der Waals surface area contributed by atoms with Gasteiger partial charge in [0.05, 0.1) is 11.4 Å². The van der Waals surface area contributed by atoms with E-state index in [9.17, 15) is 9.90 Å². The molecule has 0 atom stereocenters. The number of benzene rings is 1. The lowest BCUT2D eigenvalue weighted by atomic mass is 10.0. The van der Waals surface area contributed by atoms with E-state index in [0.717, 1.165) is 16.7 Å². The minimum absolute atomic E-state index is 0.135. The summed E-state index contributed by atoms with van der Waals surface area (Å²) in [6.45, 7) is 10.7. The second kappa shape index (κ2) is 12.0. The summed E-state index contributed by atoms with van der Waals surface area (Å²) < 4.78 is 5.77. The Morgan fingerprint density at radius 2 is 2.00 bits per heavy atom. The lowest BCUT2D eigenvalue weighted by molar-refractivity contribution is -0.106. The standard InChI is InChI=1S/C26H34N6O3/c1-17(2)24(35-15-21(27)11-12-28-7)30-19(4)32(16-33)22-10-8-9-20(13-22)23-18(3)14-29-25(31-23)26(5,6)34/h8-14,16,34H,15,27H2,1-7H3/b21-11-,28-12?,30-19-. The van der Waals surface area contributed by atoms with Crippen molar-refractivity contribution in [3.05, 3.63) is 65.1 Å². The van der Waals surface area contributed by atoms with Crippen molar-refractivity contribution in [2.75, 3.05) is 18.6 Å². The first kappa shape index (κ1) is 27.4. The molecule has 3 N–H and O–H groups in total. The molecule has 1 heterocycles. The van der Waals surface area contributed by atoms with Gasteiger partial charge in [0, 0.05) is 30.7 Å². The second-order valence-corrected chi connectivity index (χ2v) is 8.71. The summed E-state index contributed by atoms with van der Waals surface area (Å²) in [6.07, 6.45) is 5.61. The number of anilines is 1. The molecule has 0 unspecified atom stereocenters. The van der Waals surface area contributed by atoms with Crippen LogP contribution < -0.4 is 10.6 Å². The minimum Gasteiger partial charge on any atom is -0.471 e. The molecular formula is C26H34N6O3. The van der Waals surface area contributed by atoms with Gasteiger partial charge >= 0.3 is 0 Å². The molecule has 0 radical (unpaired) electrons. The topological polar surface area (TPSA) is 126 Å². The van der Waals surface area contributed by atoms with Crippen LogP contribution in [0.5, 0.6) is 0 Å². The number of amidine groups is 1. The van der Waals surface area contributed by atoms with Crippen LogP contribution in [0, 0.1) is 6.92 Å². The second-order valence-electron chi connectivity index (χ2n) is 8.71. The molecule has 9 nitrogen and oxygen atoms in total. The number of aryl methyl sites for hydroxylation is 1. The number of carbonyl (C=O) groups is 1. The van der Waals surface area contributed by atoms with Crippen molar-refractivity contribution in [1.82, 2.24) is 9.97 Å². The summed E-state index contributed by atoms with van der Waals surface area (Å²) in [6, 6.07) is 7.36. The first-order chi connectivity index (χ1) is 16.5. The van der Waals surface area contributed by atoms with Gasteiger partial charge in [-0.05, 0) is 70.9 Å². The van der Waals surface area contributed by atoms with Gasteiger partial charge in [-0.2, -0.15) is 0 Å². The van der Waals surface area contributed by atoms with Gasteiger partial charge < -0.3 is 15.6 Å². The quantitative estimate of drug-likeness (QED) is 0.244. The van der Waals surface area contributed by atoms with Crippen molar-refractivity contribution < 1.29 is 14.6 Å². The molecule has 1 aromatic heterocycles. The number of nitrogens with two attached hydrogens (primary N) is 1. The largest absolute Gasteiger partial charge is 0.471 e. The highest BCUT2D eigenvalue weighted by Crippen LogP contribution is 2.27. The third-order valence-corrected chi connectivity index (χ3v) is 4.88. The molecule has 1 aromatic carbocycles. The Labute approximate surface area is 206 Å². The van der Waals surface area contributed by atoms with E-state index in [0.29, 0.717) is 41.0 Å². The number of amides is 1. The van der Waals surface area contributed by atoms with Gasteiger partial charge in [0.15, 0.2) is 5.82 Å². The molecule has 0 bridgehead atoms. The Morgan fingerprint density at radius 1 is 1.29 bits per heavy atom. The van der Waals surface area contributed by atoms with Gasteiger partial charge in [0.1, 0.15) is 18.0 Å². The Kier molecular flexibility index (Phi) is 9.42. The molecule has 2 rings (SSSR count). The lowest BCUT2D eigenvalue weighted by Crippen LogP contribution is -2.27. The zero-order chi connectivity index (χ0) is 26.2. The fourth-order valence-corrected chi connectivity index (χ4v) is 3.02. The maximum Gasteiger partial charge on any atom is 0.219 e. The van der Waals surface area contributed by atoms with Gasteiger partial charge in [0.2, 0.25) is 12.3 Å². The Balaban J connectivity index is 2.40. The van der Waals surface area contributed by atoms with Gasteiger partial charge in [-0.15, -0.1) is 0 Å². The number of allylic oxidation sites excluding steroid dienone is 2. The summed E-state index contributed by atoms with van der Waals surface area (Å²) >= 11 is 0. The Bertz CT molecular complexity index is 1170. The number of rotatable bonds is 9. The van der Waals surface area contributed by atoms with Crippen molar-refractivity contribution in [1.29, 1.82) is 0 Å². The summed E-state index contributed by atoms with van der Waals surface area (Å²) in [5.41, 5.74) is 8.96. The molecule has 9 heteroatoms. The van der Waals surface area contributed by atoms with Crippen molar-refractivity contribution >= 4 is 24.1 Å². The maximum atomic E-state index is 12.1. The van der Waals surface area contributed by atoms with Crippen LogP contribution >= 0.6 is 0 Å². The molecule has 0 saturated heterocycles. The molecule has 2 aromatic rings. The first-order valence-electron chi connectivity index (χ1n) is 11.1. The van der Waals surface area contributed by atoms with Crippen LogP contribution in [-0.2, 0) is 15.1 Å². The monoisotopic (exact) mass is 478 g/mol. The van der Waals surface area contributed by atoms with E-state index >= 15 is 0 Å². The molecule has 1 amide bonds. The maximum absolute atomic E-state index is 12.1. The summed E-state index contributed by atoms with van der Waals surface area (Å²) in [5, 5.41) is 10.3. The number of nitrogens with zero attached hydrogens (tertiary/aromatic N) is 5. The van der Waals surface area contributed by atoms with E-state index in [1.165, 1.54) is 4.90 Å². The van der Waals surface area contributed by atoms with E-state index in [1.54, 1.807) is 52.4 Å². The van der Waals surface area contributed by atoms with Crippen LogP contribution in [0.15, 0.2) is 63.7 Å². The molecule has 0 aliphatic rings. The number of aliphatic imine (C=N–C) groups is 2. The van der Waals surface area contributed by atoms with Crippen molar-refractivity contribution in [2.45, 2.75) is 47.1 Å². The minimum atomic E-state index is -1.18. The van der Waals surface area contributed by atoms with Gasteiger partial charge in [-0.1, -0.05) is 12.1 Å². The zero-order valence-corrected chi connectivity index (χ0v) is 21.4. The molecule has 0 aliphatic carbocycles. The third-order valence-electron chi connectivity index (χ3n) is 4.88. The number of aliphatic hydroxyl groups is 1. The number of ether oxygens (including phenoxy) is 1. The van der Waals surface area contributed by atoms with Crippen molar-refractivity contribution in [3.8, 4) is 11.3 Å². The lowest BCUT2D eigenvalue weighted by Gasteiger charge is -2.20. The molecule has 35 heavy (non-hydrogen) atoms. The van der Waals surface area contributed by atoms with Crippen LogP contribution in [-0.4, -0.2) is 47.2 Å². The van der Waals surface area contributed by atoms with Crippen LogP contribution in [0.3, 0.4) is 0 Å². The number of carbonyl (C=O) groups excluding carboxylic acids is 1. The van der Waals surface area contributed by atoms with Crippen LogP contribution in [0.1, 0.15) is 46.0 Å². The predicted octanol–water partition coefficient (Wildman–Crippen LogP) is 3.87. The SMILES string of the molecule is CN=C/C=C(\N)COC(/N=C(/C)N(C=O)c1cccc(-c2nc(C(C)(C)O)ncc2C)c1)=C(C)C. The molecule has 0 aliphatic heterocycles. The highest BCUT2D eigenvalue weighted by atomic mass is 16.5. The smallest absolute Gasteiger partial charge is 0.219 e. The average molecular weight is 479 g/mol. The van der Waals surface area contributed by atoms with Gasteiger partial charge in [0.25, 0.3) is 0 Å². The van der Waals surface area contributed by atoms with Crippen LogP contribution in [0.25, 0.3) is 11.3 Å². The highest BCUT2D eigenvalue weighted by Gasteiger charge is 2.21. The van der Waals surface area contributed by atoms with E-state index in [-0.39, 0.29) is 6.61 Å². The number of aromatic nitrogens is 2. The molecule has 186 valence electrons. The number of hydrogen-bond donors (Lipinski definition) is 2. The average Bonchev–Trinajstić information content (AvgIpc) is 2.80. The van der Waals surface area contributed by atoms with E-state index in [4.69, 9.17) is 10.5 Å². The first-order valence-corrected chi connectivity index (χ1v) is 11.1. The van der Waals surface area contributed by atoms with E-state index < -0.39 is 5.60 Å². The van der Waals surface area contributed by atoms with Crippen LogP contribution in [0.2, 0.25) is 0 Å². The molecule has 0 fully saturated rings. The molecule has 0 saturated carbocycles.